The third-order valence-electron chi connectivity index (χ3n) is 3.50. The third kappa shape index (κ3) is 5.05. The van der Waals surface area contributed by atoms with Crippen LogP contribution in [0.4, 0.5) is 0 Å². The number of nitrogens with zero attached hydrogens (tertiary/aromatic N) is 4. The molecule has 0 bridgehead atoms. The molecule has 0 amide bonds. The van der Waals surface area contributed by atoms with Crippen molar-refractivity contribution in [2.75, 3.05) is 6.54 Å². The Morgan fingerprint density at radius 3 is 2.68 bits per heavy atom. The predicted molar refractivity (Wildman–Crippen MR) is 108 cm³/mol. The average Bonchev–Trinajstić information content (AvgIpc) is 3.02. The van der Waals surface area contributed by atoms with E-state index in [1.807, 2.05) is 47.9 Å². The van der Waals surface area contributed by atoms with Gasteiger partial charge in [-0.3, -0.25) is 4.40 Å². The minimum atomic E-state index is 0. The van der Waals surface area contributed by atoms with Crippen LogP contribution in [-0.2, 0) is 13.1 Å². The molecule has 0 aliphatic carbocycles. The fraction of sp³-hybridized carbons (Fsp3) is 0.235. The second-order valence-corrected chi connectivity index (χ2v) is 5.26. The Morgan fingerprint density at radius 1 is 1.12 bits per heavy atom. The molecule has 0 fully saturated rings. The molecule has 132 valence electrons. The quantitative estimate of drug-likeness (QED) is 0.314. The topological polar surface area (TPSA) is 86.8 Å². The van der Waals surface area contributed by atoms with Gasteiger partial charge in [-0.15, -0.1) is 34.2 Å². The fourth-order valence-electron chi connectivity index (χ4n) is 2.29. The van der Waals surface area contributed by atoms with Crippen LogP contribution in [0.3, 0.4) is 0 Å². The lowest BCUT2D eigenvalue weighted by Gasteiger charge is -2.10. The van der Waals surface area contributed by atoms with Crippen molar-refractivity contribution in [2.45, 2.75) is 20.0 Å². The van der Waals surface area contributed by atoms with E-state index in [1.54, 1.807) is 12.1 Å². The van der Waals surface area contributed by atoms with Crippen LogP contribution < -0.4 is 10.6 Å². The maximum atomic E-state index is 9.32. The Hall–Kier alpha value is -2.36. The zero-order chi connectivity index (χ0) is 16.8. The van der Waals surface area contributed by atoms with Crippen LogP contribution in [0, 0.1) is 0 Å². The van der Waals surface area contributed by atoms with Gasteiger partial charge < -0.3 is 15.7 Å². The first-order valence-electron chi connectivity index (χ1n) is 7.85. The summed E-state index contributed by atoms with van der Waals surface area (Å²) in [6.07, 6.45) is 1.94. The third-order valence-corrected chi connectivity index (χ3v) is 3.50. The van der Waals surface area contributed by atoms with E-state index >= 15 is 0 Å². The molecule has 2 aromatic heterocycles. The number of phenolic OH excluding ortho intramolecular Hbond substituents is 1. The van der Waals surface area contributed by atoms with Crippen molar-refractivity contribution < 1.29 is 5.11 Å². The number of halogens is 1. The molecule has 8 heteroatoms. The van der Waals surface area contributed by atoms with Gasteiger partial charge in [-0.2, -0.15) is 0 Å². The Labute approximate surface area is 163 Å². The van der Waals surface area contributed by atoms with Gasteiger partial charge in [0.15, 0.2) is 17.4 Å². The normalized spacial score (nSPS) is 11.2. The second kappa shape index (κ2) is 9.21. The van der Waals surface area contributed by atoms with Crippen molar-refractivity contribution in [1.82, 2.24) is 25.2 Å². The van der Waals surface area contributed by atoms with Crippen LogP contribution in [-0.4, -0.2) is 32.2 Å². The maximum Gasteiger partial charge on any atom is 0.191 e. The standard InChI is InChI=1S/C17H20N6O.HI/c1-2-18-17(19-11-13-6-8-14(24)9-7-13)20-12-16-22-21-15-5-3-4-10-23(15)16;/h3-10,24H,2,11-12H2,1H3,(H2,18,19,20);1H. The highest BCUT2D eigenvalue weighted by atomic mass is 127. The number of fused-ring (bicyclic) bond motifs is 1. The Balaban J connectivity index is 0.00000225. The molecule has 3 aromatic rings. The number of benzene rings is 1. The molecule has 0 spiro atoms. The first kappa shape index (κ1) is 19.0. The number of aromatic nitrogens is 3. The molecule has 0 saturated carbocycles. The van der Waals surface area contributed by atoms with Gasteiger partial charge in [-0.1, -0.05) is 18.2 Å². The zero-order valence-corrected chi connectivity index (χ0v) is 16.2. The number of nitrogens with one attached hydrogen (secondary N) is 2. The largest absolute Gasteiger partial charge is 0.508 e. The molecule has 3 N–H and O–H groups in total. The van der Waals surface area contributed by atoms with E-state index in [0.29, 0.717) is 19.0 Å². The smallest absolute Gasteiger partial charge is 0.191 e. The average molecular weight is 452 g/mol. The summed E-state index contributed by atoms with van der Waals surface area (Å²) in [5.41, 5.74) is 1.85. The SMILES string of the molecule is CCNC(=NCc1ccc(O)cc1)NCc1nnc2ccccn12.I. The van der Waals surface area contributed by atoms with Crippen LogP contribution in [0.5, 0.6) is 5.75 Å². The summed E-state index contributed by atoms with van der Waals surface area (Å²) in [5, 5.41) is 24.1. The minimum absolute atomic E-state index is 0. The van der Waals surface area contributed by atoms with E-state index in [-0.39, 0.29) is 29.7 Å². The number of hydrogen-bond acceptors (Lipinski definition) is 4. The Kier molecular flexibility index (Phi) is 6.99. The molecule has 0 atom stereocenters. The summed E-state index contributed by atoms with van der Waals surface area (Å²) in [5.74, 6) is 1.78. The van der Waals surface area contributed by atoms with Crippen molar-refractivity contribution in [1.29, 1.82) is 0 Å². The summed E-state index contributed by atoms with van der Waals surface area (Å²) >= 11 is 0. The number of pyridine rings is 1. The number of guanidine groups is 1. The number of aliphatic imine (C=N–C) groups is 1. The van der Waals surface area contributed by atoms with E-state index in [9.17, 15) is 5.11 Å². The summed E-state index contributed by atoms with van der Waals surface area (Å²) in [4.78, 5) is 4.55. The summed E-state index contributed by atoms with van der Waals surface area (Å²) in [7, 11) is 0. The van der Waals surface area contributed by atoms with Crippen molar-refractivity contribution in [2.24, 2.45) is 4.99 Å². The van der Waals surface area contributed by atoms with E-state index in [1.165, 1.54) is 0 Å². The van der Waals surface area contributed by atoms with Crippen LogP contribution >= 0.6 is 24.0 Å². The first-order chi connectivity index (χ1) is 11.8. The number of aromatic hydroxyl groups is 1. The van der Waals surface area contributed by atoms with Gasteiger partial charge in [0.2, 0.25) is 0 Å². The Morgan fingerprint density at radius 2 is 1.92 bits per heavy atom. The van der Waals surface area contributed by atoms with Gasteiger partial charge in [0.25, 0.3) is 0 Å². The van der Waals surface area contributed by atoms with Gasteiger partial charge in [0.1, 0.15) is 5.75 Å². The molecule has 2 heterocycles. The maximum absolute atomic E-state index is 9.32. The highest BCUT2D eigenvalue weighted by Gasteiger charge is 2.05. The van der Waals surface area contributed by atoms with Crippen molar-refractivity contribution in [3.05, 3.63) is 60.0 Å². The number of phenols is 1. The molecule has 0 aliphatic rings. The number of hydrogen-bond donors (Lipinski definition) is 3. The van der Waals surface area contributed by atoms with Crippen LogP contribution in [0.1, 0.15) is 18.3 Å². The summed E-state index contributed by atoms with van der Waals surface area (Å²) < 4.78 is 1.94. The lowest BCUT2D eigenvalue weighted by Crippen LogP contribution is -2.37. The van der Waals surface area contributed by atoms with Gasteiger partial charge in [-0.05, 0) is 36.8 Å². The van der Waals surface area contributed by atoms with Gasteiger partial charge in [0, 0.05) is 12.7 Å². The highest BCUT2D eigenvalue weighted by molar-refractivity contribution is 14.0. The fourth-order valence-corrected chi connectivity index (χ4v) is 2.29. The zero-order valence-electron chi connectivity index (χ0n) is 13.9. The molecule has 0 unspecified atom stereocenters. The number of rotatable bonds is 5. The van der Waals surface area contributed by atoms with Gasteiger partial charge in [-0.25, -0.2) is 4.99 Å². The van der Waals surface area contributed by atoms with Crippen LogP contribution in [0.25, 0.3) is 5.65 Å². The molecule has 7 nitrogen and oxygen atoms in total. The lowest BCUT2D eigenvalue weighted by atomic mass is 10.2. The molecule has 1 aromatic carbocycles. The van der Waals surface area contributed by atoms with Crippen molar-refractivity contribution in [3.8, 4) is 5.75 Å². The Bertz CT molecular complexity index is 831. The van der Waals surface area contributed by atoms with Gasteiger partial charge in [0.05, 0.1) is 13.1 Å². The predicted octanol–water partition coefficient (Wildman–Crippen LogP) is 2.31. The van der Waals surface area contributed by atoms with Gasteiger partial charge >= 0.3 is 0 Å². The van der Waals surface area contributed by atoms with E-state index in [0.717, 1.165) is 23.6 Å². The molecular weight excluding hydrogens is 431 g/mol. The second-order valence-electron chi connectivity index (χ2n) is 5.26. The minimum Gasteiger partial charge on any atom is -0.508 e. The molecule has 3 rings (SSSR count). The monoisotopic (exact) mass is 452 g/mol. The summed E-state index contributed by atoms with van der Waals surface area (Å²) in [6, 6.07) is 12.8. The molecular formula is C17H21IN6O. The highest BCUT2D eigenvalue weighted by Crippen LogP contribution is 2.10. The summed E-state index contributed by atoms with van der Waals surface area (Å²) in [6.45, 7) is 3.83. The first-order valence-corrected chi connectivity index (χ1v) is 7.85. The van der Waals surface area contributed by atoms with Crippen LogP contribution in [0.15, 0.2) is 53.7 Å². The van der Waals surface area contributed by atoms with Crippen molar-refractivity contribution >= 4 is 35.6 Å². The molecule has 0 saturated heterocycles. The van der Waals surface area contributed by atoms with Crippen molar-refractivity contribution in [3.63, 3.8) is 0 Å². The van der Waals surface area contributed by atoms with Crippen LogP contribution in [0.2, 0.25) is 0 Å². The molecule has 0 aliphatic heterocycles. The molecule has 25 heavy (non-hydrogen) atoms. The van der Waals surface area contributed by atoms with E-state index in [2.05, 4.69) is 25.8 Å². The lowest BCUT2D eigenvalue weighted by molar-refractivity contribution is 0.475. The van der Waals surface area contributed by atoms with E-state index in [4.69, 9.17) is 0 Å². The molecule has 0 radical (unpaired) electrons. The van der Waals surface area contributed by atoms with E-state index < -0.39 is 0 Å².